The van der Waals surface area contributed by atoms with Crippen LogP contribution in [0.25, 0.3) is 5.69 Å². The van der Waals surface area contributed by atoms with Crippen molar-refractivity contribution in [2.24, 2.45) is 5.73 Å². The minimum absolute atomic E-state index is 0.100. The number of rotatable bonds is 6. The van der Waals surface area contributed by atoms with Crippen LogP contribution < -0.4 is 11.1 Å². The van der Waals surface area contributed by atoms with Crippen molar-refractivity contribution in [3.8, 4) is 5.69 Å². The Morgan fingerprint density at radius 3 is 2.85 bits per heavy atom. The van der Waals surface area contributed by atoms with E-state index in [-0.39, 0.29) is 11.9 Å². The Morgan fingerprint density at radius 1 is 1.40 bits per heavy atom. The number of carbonyl (C=O) groups excluding carboxylic acids is 1. The highest BCUT2D eigenvalue weighted by Crippen LogP contribution is 2.07. The summed E-state index contributed by atoms with van der Waals surface area (Å²) in [5.74, 6) is -0.100. The number of hydrogen-bond acceptors (Lipinski definition) is 3. The second-order valence-electron chi connectivity index (χ2n) is 4.88. The number of nitrogens with two attached hydrogens (primary N) is 1. The van der Waals surface area contributed by atoms with Gasteiger partial charge in [-0.25, -0.2) is 4.68 Å². The molecule has 0 bridgehead atoms. The summed E-state index contributed by atoms with van der Waals surface area (Å²) in [4.78, 5) is 11.9. The maximum atomic E-state index is 11.9. The first-order valence-electron chi connectivity index (χ1n) is 6.80. The van der Waals surface area contributed by atoms with Crippen molar-refractivity contribution in [2.45, 2.75) is 25.8 Å². The van der Waals surface area contributed by atoms with Crippen molar-refractivity contribution in [2.75, 3.05) is 6.54 Å². The fourth-order valence-electron chi connectivity index (χ4n) is 1.89. The van der Waals surface area contributed by atoms with Crippen LogP contribution in [0.5, 0.6) is 0 Å². The van der Waals surface area contributed by atoms with E-state index in [9.17, 15) is 4.79 Å². The molecule has 0 saturated carbocycles. The number of carbonyl (C=O) groups is 1. The van der Waals surface area contributed by atoms with E-state index >= 15 is 0 Å². The van der Waals surface area contributed by atoms with Crippen LogP contribution in [0, 0.1) is 0 Å². The van der Waals surface area contributed by atoms with Crippen LogP contribution in [0.4, 0.5) is 0 Å². The standard InChI is InChI=1S/C15H20N4O/c1-12(16)6-5-9-17-15(20)13-10-18-19(11-13)14-7-3-2-4-8-14/h2-4,7-8,10-12H,5-6,9,16H2,1H3,(H,17,20). The number of hydrogen-bond donors (Lipinski definition) is 2. The predicted molar refractivity (Wildman–Crippen MR) is 78.8 cm³/mol. The van der Waals surface area contributed by atoms with Crippen LogP contribution >= 0.6 is 0 Å². The minimum atomic E-state index is -0.100. The molecular formula is C15H20N4O. The zero-order chi connectivity index (χ0) is 14.4. The molecule has 20 heavy (non-hydrogen) atoms. The lowest BCUT2D eigenvalue weighted by Crippen LogP contribution is -2.25. The molecule has 3 N–H and O–H groups in total. The topological polar surface area (TPSA) is 72.9 Å². The van der Waals surface area contributed by atoms with Gasteiger partial charge in [-0.2, -0.15) is 5.10 Å². The Balaban J connectivity index is 1.90. The molecule has 1 atom stereocenters. The summed E-state index contributed by atoms with van der Waals surface area (Å²) < 4.78 is 1.69. The molecular weight excluding hydrogens is 252 g/mol. The number of amides is 1. The highest BCUT2D eigenvalue weighted by atomic mass is 16.1. The van der Waals surface area contributed by atoms with Crippen LogP contribution in [0.2, 0.25) is 0 Å². The monoisotopic (exact) mass is 272 g/mol. The van der Waals surface area contributed by atoms with E-state index in [0.29, 0.717) is 12.1 Å². The molecule has 0 spiro atoms. The summed E-state index contributed by atoms with van der Waals surface area (Å²) in [5.41, 5.74) is 7.16. The maximum Gasteiger partial charge on any atom is 0.254 e. The average Bonchev–Trinajstić information content (AvgIpc) is 2.94. The summed E-state index contributed by atoms with van der Waals surface area (Å²) in [7, 11) is 0. The maximum absolute atomic E-state index is 11.9. The van der Waals surface area contributed by atoms with Crippen molar-refractivity contribution in [1.29, 1.82) is 0 Å². The molecule has 0 fully saturated rings. The van der Waals surface area contributed by atoms with Gasteiger partial charge in [-0.05, 0) is 31.9 Å². The molecule has 0 aliphatic heterocycles. The van der Waals surface area contributed by atoms with Crippen LogP contribution in [0.15, 0.2) is 42.7 Å². The zero-order valence-corrected chi connectivity index (χ0v) is 11.6. The molecule has 0 aliphatic carbocycles. The van der Waals surface area contributed by atoms with Crippen LogP contribution in [-0.2, 0) is 0 Å². The second-order valence-corrected chi connectivity index (χ2v) is 4.88. The molecule has 1 heterocycles. The summed E-state index contributed by atoms with van der Waals surface area (Å²) in [6.45, 7) is 2.60. The van der Waals surface area contributed by atoms with Gasteiger partial charge < -0.3 is 11.1 Å². The quantitative estimate of drug-likeness (QED) is 0.787. The fourth-order valence-corrected chi connectivity index (χ4v) is 1.89. The van der Waals surface area contributed by atoms with Crippen molar-refractivity contribution >= 4 is 5.91 Å². The average molecular weight is 272 g/mol. The fraction of sp³-hybridized carbons (Fsp3) is 0.333. The predicted octanol–water partition coefficient (Wildman–Crippen LogP) is 1.73. The van der Waals surface area contributed by atoms with Crippen molar-refractivity contribution in [3.63, 3.8) is 0 Å². The molecule has 2 rings (SSSR count). The van der Waals surface area contributed by atoms with Gasteiger partial charge >= 0.3 is 0 Å². The summed E-state index contributed by atoms with van der Waals surface area (Å²) >= 11 is 0. The van der Waals surface area contributed by atoms with Gasteiger partial charge in [-0.1, -0.05) is 18.2 Å². The SMILES string of the molecule is CC(N)CCCNC(=O)c1cnn(-c2ccccc2)c1. The lowest BCUT2D eigenvalue weighted by molar-refractivity contribution is 0.0953. The molecule has 0 saturated heterocycles. The second kappa shape index (κ2) is 6.86. The van der Waals surface area contributed by atoms with Gasteiger partial charge in [0.05, 0.1) is 17.4 Å². The highest BCUT2D eigenvalue weighted by molar-refractivity contribution is 5.93. The zero-order valence-electron chi connectivity index (χ0n) is 11.6. The third-order valence-corrected chi connectivity index (χ3v) is 2.99. The third-order valence-electron chi connectivity index (χ3n) is 2.99. The number of nitrogens with zero attached hydrogens (tertiary/aromatic N) is 2. The van der Waals surface area contributed by atoms with Gasteiger partial charge in [-0.3, -0.25) is 4.79 Å². The molecule has 1 amide bonds. The Morgan fingerprint density at radius 2 is 2.15 bits per heavy atom. The number of aromatic nitrogens is 2. The number of benzene rings is 1. The number of nitrogens with one attached hydrogen (secondary N) is 1. The molecule has 0 radical (unpaired) electrons. The molecule has 0 aliphatic rings. The van der Waals surface area contributed by atoms with E-state index in [1.54, 1.807) is 17.1 Å². The number of para-hydroxylation sites is 1. The van der Waals surface area contributed by atoms with Crippen LogP contribution in [-0.4, -0.2) is 28.3 Å². The van der Waals surface area contributed by atoms with Gasteiger partial charge in [0.25, 0.3) is 5.91 Å². The van der Waals surface area contributed by atoms with Crippen LogP contribution in [0.1, 0.15) is 30.1 Å². The van der Waals surface area contributed by atoms with E-state index in [1.807, 2.05) is 37.3 Å². The van der Waals surface area contributed by atoms with Crippen molar-refractivity contribution < 1.29 is 4.79 Å². The van der Waals surface area contributed by atoms with Crippen LogP contribution in [0.3, 0.4) is 0 Å². The molecule has 1 aromatic heterocycles. The Bertz CT molecular complexity index is 548. The van der Waals surface area contributed by atoms with Gasteiger partial charge in [0.1, 0.15) is 0 Å². The molecule has 5 heteroatoms. The molecule has 1 unspecified atom stereocenters. The van der Waals surface area contributed by atoms with E-state index in [2.05, 4.69) is 10.4 Å². The molecule has 2 aromatic rings. The Kier molecular flexibility index (Phi) is 4.90. The van der Waals surface area contributed by atoms with E-state index in [4.69, 9.17) is 5.73 Å². The Labute approximate surface area is 118 Å². The molecule has 5 nitrogen and oxygen atoms in total. The molecule has 1 aromatic carbocycles. The summed E-state index contributed by atoms with van der Waals surface area (Å²) in [6.07, 6.45) is 5.10. The van der Waals surface area contributed by atoms with Gasteiger partial charge in [-0.15, -0.1) is 0 Å². The Hall–Kier alpha value is -2.14. The van der Waals surface area contributed by atoms with Gasteiger partial charge in [0, 0.05) is 18.8 Å². The third kappa shape index (κ3) is 3.93. The van der Waals surface area contributed by atoms with Crippen molar-refractivity contribution in [1.82, 2.24) is 15.1 Å². The lowest BCUT2D eigenvalue weighted by Gasteiger charge is -2.05. The smallest absolute Gasteiger partial charge is 0.254 e. The van der Waals surface area contributed by atoms with Crippen molar-refractivity contribution in [3.05, 3.63) is 48.3 Å². The van der Waals surface area contributed by atoms with Gasteiger partial charge in [0.15, 0.2) is 0 Å². The first-order valence-corrected chi connectivity index (χ1v) is 6.80. The van der Waals surface area contributed by atoms with E-state index < -0.39 is 0 Å². The van der Waals surface area contributed by atoms with Gasteiger partial charge in [0.2, 0.25) is 0 Å². The van der Waals surface area contributed by atoms with E-state index in [0.717, 1.165) is 18.5 Å². The first kappa shape index (κ1) is 14.3. The molecule has 106 valence electrons. The highest BCUT2D eigenvalue weighted by Gasteiger charge is 2.08. The lowest BCUT2D eigenvalue weighted by atomic mass is 10.2. The first-order chi connectivity index (χ1) is 9.66. The summed E-state index contributed by atoms with van der Waals surface area (Å²) in [6, 6.07) is 9.87. The van der Waals surface area contributed by atoms with E-state index in [1.165, 1.54) is 0 Å². The normalized spacial score (nSPS) is 12.1. The summed E-state index contributed by atoms with van der Waals surface area (Å²) in [5, 5.41) is 7.07. The minimum Gasteiger partial charge on any atom is -0.352 e. The largest absolute Gasteiger partial charge is 0.352 e.